The lowest BCUT2D eigenvalue weighted by atomic mass is 10.4. The number of ether oxygens (including phenoxy) is 1. The van der Waals surface area contributed by atoms with Crippen LogP contribution in [-0.2, 0) is 19.2 Å². The van der Waals surface area contributed by atoms with E-state index >= 15 is 0 Å². The Morgan fingerprint density at radius 1 is 1.50 bits per heavy atom. The van der Waals surface area contributed by atoms with Gasteiger partial charge < -0.3 is 9.84 Å². The third-order valence-corrected chi connectivity index (χ3v) is 0.745. The second-order valence-electron chi connectivity index (χ2n) is 1.35. The number of carbonyl (C=O) groups is 2. The van der Waals surface area contributed by atoms with Gasteiger partial charge in [-0.1, -0.05) is 0 Å². The molecule has 0 fully saturated rings. The van der Waals surface area contributed by atoms with Crippen LogP contribution in [0.3, 0.4) is 0 Å². The molecular weight excluding hydrogens is 144 g/mol. The maximum absolute atomic E-state index is 10.3. The summed E-state index contributed by atoms with van der Waals surface area (Å²) < 4.78 is 3.96. The van der Waals surface area contributed by atoms with Crippen LogP contribution >= 0.6 is 0 Å². The molecule has 0 aromatic heterocycles. The zero-order valence-electron chi connectivity index (χ0n) is 5.10. The molecule has 0 aliphatic carbocycles. The van der Waals surface area contributed by atoms with Crippen LogP contribution in [-0.4, -0.2) is 35.5 Å². The summed E-state index contributed by atoms with van der Waals surface area (Å²) >= 11 is 0. The van der Waals surface area contributed by atoms with Gasteiger partial charge in [-0.15, -0.1) is 0 Å². The zero-order chi connectivity index (χ0) is 8.15. The lowest BCUT2D eigenvalue weighted by molar-refractivity contribution is -0.275. The van der Waals surface area contributed by atoms with Gasteiger partial charge >= 0.3 is 11.9 Å². The first-order valence-corrected chi connectivity index (χ1v) is 2.24. The minimum Gasteiger partial charge on any atom is -0.479 e. The van der Waals surface area contributed by atoms with Crippen molar-refractivity contribution in [2.24, 2.45) is 0 Å². The summed E-state index contributed by atoms with van der Waals surface area (Å²) in [5.74, 6) is -2.76. The third kappa shape index (κ3) is 2.00. The first-order valence-electron chi connectivity index (χ1n) is 2.24. The van der Waals surface area contributed by atoms with Crippen LogP contribution in [0.25, 0.3) is 0 Å². The topological polar surface area (TPSA) is 93.1 Å². The van der Waals surface area contributed by atoms with Crippen LogP contribution < -0.4 is 0 Å². The van der Waals surface area contributed by atoms with Crippen molar-refractivity contribution in [3.63, 3.8) is 0 Å². The van der Waals surface area contributed by atoms with Crippen molar-refractivity contribution in [1.29, 1.82) is 0 Å². The lowest BCUT2D eigenvalue weighted by Crippen LogP contribution is -2.32. The molecule has 1 atom stereocenters. The van der Waals surface area contributed by atoms with Gasteiger partial charge in [0.25, 0.3) is 6.10 Å². The molecule has 0 aromatic carbocycles. The number of carbonyl (C=O) groups excluding carboxylic acids is 1. The standard InChI is InChI=1S/C4H6O6/c1-9-4(7)2(10-8)3(5)6/h2,8H,1H3,(H,5,6). The van der Waals surface area contributed by atoms with E-state index < -0.39 is 18.0 Å². The molecule has 2 N–H and O–H groups in total. The fraction of sp³-hybridized carbons (Fsp3) is 0.500. The number of aliphatic carboxylic acids is 1. The number of esters is 1. The molecule has 0 spiro atoms. The van der Waals surface area contributed by atoms with Crippen molar-refractivity contribution in [2.45, 2.75) is 6.10 Å². The maximum atomic E-state index is 10.3. The number of rotatable bonds is 3. The van der Waals surface area contributed by atoms with E-state index in [1.165, 1.54) is 0 Å². The van der Waals surface area contributed by atoms with E-state index in [1.54, 1.807) is 0 Å². The number of hydrogen-bond donors (Lipinski definition) is 2. The predicted octanol–water partition coefficient (Wildman–Crippen LogP) is -0.898. The molecule has 58 valence electrons. The van der Waals surface area contributed by atoms with Crippen molar-refractivity contribution >= 4 is 11.9 Å². The lowest BCUT2D eigenvalue weighted by Gasteiger charge is -2.03. The summed E-state index contributed by atoms with van der Waals surface area (Å²) in [5.41, 5.74) is 0. The van der Waals surface area contributed by atoms with E-state index in [4.69, 9.17) is 10.4 Å². The van der Waals surface area contributed by atoms with Crippen LogP contribution in [0.4, 0.5) is 0 Å². The molecule has 0 rings (SSSR count). The smallest absolute Gasteiger partial charge is 0.350 e. The largest absolute Gasteiger partial charge is 0.479 e. The highest BCUT2D eigenvalue weighted by Gasteiger charge is 2.28. The molecule has 0 radical (unpaired) electrons. The van der Waals surface area contributed by atoms with Gasteiger partial charge in [-0.2, -0.15) is 0 Å². The Kier molecular flexibility index (Phi) is 3.37. The Morgan fingerprint density at radius 2 is 2.00 bits per heavy atom. The van der Waals surface area contributed by atoms with E-state index in [2.05, 4.69) is 9.62 Å². The third-order valence-electron chi connectivity index (χ3n) is 0.745. The van der Waals surface area contributed by atoms with Crippen molar-refractivity contribution in [2.75, 3.05) is 7.11 Å². The predicted molar refractivity (Wildman–Crippen MR) is 27.2 cm³/mol. The average molecular weight is 150 g/mol. The monoisotopic (exact) mass is 150 g/mol. The second-order valence-corrected chi connectivity index (χ2v) is 1.35. The molecular formula is C4H6O6. The van der Waals surface area contributed by atoms with Gasteiger partial charge in [0.1, 0.15) is 0 Å². The van der Waals surface area contributed by atoms with E-state index in [-0.39, 0.29) is 0 Å². The summed E-state index contributed by atoms with van der Waals surface area (Å²) in [6, 6.07) is 0. The average Bonchev–Trinajstić information content (AvgIpc) is 1.88. The first kappa shape index (κ1) is 8.86. The molecule has 6 nitrogen and oxygen atoms in total. The van der Waals surface area contributed by atoms with Gasteiger partial charge in [-0.05, 0) is 0 Å². The van der Waals surface area contributed by atoms with Crippen molar-refractivity contribution < 1.29 is 29.6 Å². The van der Waals surface area contributed by atoms with Crippen molar-refractivity contribution in [1.82, 2.24) is 0 Å². The van der Waals surface area contributed by atoms with Crippen LogP contribution in [0.5, 0.6) is 0 Å². The normalized spacial score (nSPS) is 12.2. The Labute approximate surface area is 55.9 Å². The summed E-state index contributed by atoms with van der Waals surface area (Å²) in [7, 11) is 0.983. The Morgan fingerprint density at radius 3 is 2.10 bits per heavy atom. The molecule has 0 aromatic rings. The van der Waals surface area contributed by atoms with Gasteiger partial charge in [0, 0.05) is 0 Å². The first-order chi connectivity index (χ1) is 4.63. The minimum absolute atomic E-state index is 0.983. The molecule has 10 heavy (non-hydrogen) atoms. The molecule has 0 amide bonds. The Balaban J connectivity index is 4.06. The molecule has 0 saturated heterocycles. The van der Waals surface area contributed by atoms with Gasteiger partial charge in [-0.25, -0.2) is 14.5 Å². The highest BCUT2D eigenvalue weighted by molar-refractivity contribution is 5.96. The van der Waals surface area contributed by atoms with Crippen molar-refractivity contribution in [3.8, 4) is 0 Å². The van der Waals surface area contributed by atoms with Gasteiger partial charge in [0.05, 0.1) is 7.11 Å². The summed E-state index contributed by atoms with van der Waals surface area (Å²) in [6.07, 6.45) is -1.95. The zero-order valence-corrected chi connectivity index (χ0v) is 5.10. The fourth-order valence-corrected chi connectivity index (χ4v) is 0.296. The van der Waals surface area contributed by atoms with Crippen molar-refractivity contribution in [3.05, 3.63) is 0 Å². The molecule has 6 heteroatoms. The molecule has 0 aliphatic rings. The minimum atomic E-state index is -1.95. The van der Waals surface area contributed by atoms with E-state index in [9.17, 15) is 9.59 Å². The highest BCUT2D eigenvalue weighted by atomic mass is 17.1. The summed E-state index contributed by atoms with van der Waals surface area (Å²) in [4.78, 5) is 23.5. The molecule has 1 unspecified atom stereocenters. The van der Waals surface area contributed by atoms with Gasteiger partial charge in [-0.3, -0.25) is 5.26 Å². The molecule has 0 aliphatic heterocycles. The summed E-state index contributed by atoms with van der Waals surface area (Å²) in [5, 5.41) is 15.9. The molecule has 0 bridgehead atoms. The fourth-order valence-electron chi connectivity index (χ4n) is 0.296. The van der Waals surface area contributed by atoms with Gasteiger partial charge in [0.2, 0.25) is 0 Å². The number of carboxylic acids is 1. The van der Waals surface area contributed by atoms with E-state index in [0.29, 0.717) is 0 Å². The van der Waals surface area contributed by atoms with Crippen LogP contribution in [0.15, 0.2) is 0 Å². The van der Waals surface area contributed by atoms with Crippen LogP contribution in [0, 0.1) is 0 Å². The second kappa shape index (κ2) is 3.80. The Hall–Kier alpha value is -1.14. The number of carboxylic acid groups (broad SMARTS) is 1. The van der Waals surface area contributed by atoms with Crippen LogP contribution in [0.2, 0.25) is 0 Å². The maximum Gasteiger partial charge on any atom is 0.350 e. The number of hydrogen-bond acceptors (Lipinski definition) is 5. The SMILES string of the molecule is COC(=O)C(OO)C(=O)O. The number of methoxy groups -OCH3 is 1. The molecule has 0 heterocycles. The Bertz CT molecular complexity index is 141. The van der Waals surface area contributed by atoms with Gasteiger partial charge in [0.15, 0.2) is 0 Å². The highest BCUT2D eigenvalue weighted by Crippen LogP contribution is 1.91. The van der Waals surface area contributed by atoms with Crippen LogP contribution in [0.1, 0.15) is 0 Å². The van der Waals surface area contributed by atoms with E-state index in [1.807, 2.05) is 0 Å². The quantitative estimate of drug-likeness (QED) is 0.234. The summed E-state index contributed by atoms with van der Waals surface area (Å²) in [6.45, 7) is 0. The van der Waals surface area contributed by atoms with E-state index in [0.717, 1.165) is 7.11 Å². The molecule has 0 saturated carbocycles.